The predicted molar refractivity (Wildman–Crippen MR) is 67.4 cm³/mol. The highest BCUT2D eigenvalue weighted by Crippen LogP contribution is 2.27. The van der Waals surface area contributed by atoms with E-state index in [9.17, 15) is 13.6 Å². The van der Waals surface area contributed by atoms with E-state index in [1.165, 1.54) is 23.7 Å². The summed E-state index contributed by atoms with van der Waals surface area (Å²) < 4.78 is 28.6. The number of halogens is 3. The van der Waals surface area contributed by atoms with Crippen molar-refractivity contribution in [2.24, 2.45) is 7.05 Å². The lowest BCUT2D eigenvalue weighted by atomic mass is 10.2. The number of nitrogens with zero attached hydrogens (tertiary/aromatic N) is 2. The number of thioether (sulfide) groups is 1. The van der Waals surface area contributed by atoms with E-state index in [0.29, 0.717) is 5.16 Å². The van der Waals surface area contributed by atoms with Crippen LogP contribution in [0.3, 0.4) is 0 Å². The Hall–Kier alpha value is -1.15. The van der Waals surface area contributed by atoms with Crippen LogP contribution in [-0.4, -0.2) is 14.8 Å². The molecule has 2 rings (SSSR count). The van der Waals surface area contributed by atoms with Crippen molar-refractivity contribution in [3.63, 3.8) is 0 Å². The fraction of sp³-hybridized carbons (Fsp3) is 0.200. The fourth-order valence-electron chi connectivity index (χ4n) is 1.30. The third kappa shape index (κ3) is 2.49. The van der Waals surface area contributed by atoms with E-state index in [1.807, 2.05) is 0 Å². The first-order valence-electron chi connectivity index (χ1n) is 4.87. The molecule has 1 heterocycles. The van der Waals surface area contributed by atoms with Crippen molar-refractivity contribution in [3.8, 4) is 0 Å². The van der Waals surface area contributed by atoms with E-state index in [4.69, 9.17) is 0 Å². The van der Waals surface area contributed by atoms with Gasteiger partial charge in [0.15, 0.2) is 5.16 Å². The molecule has 0 bridgehead atoms. The van der Waals surface area contributed by atoms with Crippen LogP contribution in [0.15, 0.2) is 26.6 Å². The summed E-state index contributed by atoms with van der Waals surface area (Å²) in [5.74, 6) is -1.21. The molecule has 0 fully saturated rings. The zero-order valence-electron chi connectivity index (χ0n) is 9.21. The first-order chi connectivity index (χ1) is 8.50. The molecular formula is C10H8BrF2N3OS. The molecule has 0 aliphatic carbocycles. The molecule has 0 unspecified atom stereocenters. The Kier molecular flexibility index (Phi) is 3.86. The zero-order valence-corrected chi connectivity index (χ0v) is 11.6. The van der Waals surface area contributed by atoms with Gasteiger partial charge in [0.25, 0.3) is 0 Å². The van der Waals surface area contributed by atoms with Gasteiger partial charge >= 0.3 is 5.69 Å². The standard InChI is InChI=1S/C10H8BrF2N3OS/c1-16-9(17)14-15-10(16)18-4-5-7(12)3-2-6(11)8(5)13/h2-3H,4H2,1H3,(H,14,17). The first-order valence-corrected chi connectivity index (χ1v) is 6.65. The van der Waals surface area contributed by atoms with Crippen LogP contribution < -0.4 is 5.69 Å². The second-order valence-electron chi connectivity index (χ2n) is 3.48. The minimum Gasteiger partial charge on any atom is -0.273 e. The molecule has 0 spiro atoms. The first kappa shape index (κ1) is 13.3. The van der Waals surface area contributed by atoms with Gasteiger partial charge in [-0.1, -0.05) is 11.8 Å². The molecular weight excluding hydrogens is 328 g/mol. The molecule has 0 saturated carbocycles. The van der Waals surface area contributed by atoms with Crippen molar-refractivity contribution in [1.29, 1.82) is 0 Å². The molecule has 8 heteroatoms. The third-order valence-corrected chi connectivity index (χ3v) is 3.99. The zero-order chi connectivity index (χ0) is 13.3. The molecule has 1 N–H and O–H groups in total. The summed E-state index contributed by atoms with van der Waals surface area (Å²) >= 11 is 4.07. The maximum absolute atomic E-state index is 13.7. The van der Waals surface area contributed by atoms with Gasteiger partial charge in [0.05, 0.1) is 4.47 Å². The van der Waals surface area contributed by atoms with Crippen LogP contribution in [0.2, 0.25) is 0 Å². The van der Waals surface area contributed by atoms with Crippen LogP contribution in [0, 0.1) is 11.6 Å². The fourth-order valence-corrected chi connectivity index (χ4v) is 2.60. The summed E-state index contributed by atoms with van der Waals surface area (Å²) in [7, 11) is 1.53. The third-order valence-electron chi connectivity index (χ3n) is 2.32. The number of hydrogen-bond donors (Lipinski definition) is 1. The molecule has 96 valence electrons. The van der Waals surface area contributed by atoms with Crippen LogP contribution in [-0.2, 0) is 12.8 Å². The van der Waals surface area contributed by atoms with Crippen LogP contribution in [0.4, 0.5) is 8.78 Å². The molecule has 0 aliphatic heterocycles. The molecule has 0 saturated heterocycles. The summed E-state index contributed by atoms with van der Waals surface area (Å²) in [5, 5.41) is 6.37. The van der Waals surface area contributed by atoms with E-state index in [-0.39, 0.29) is 21.5 Å². The molecule has 18 heavy (non-hydrogen) atoms. The summed E-state index contributed by atoms with van der Waals surface area (Å²) in [4.78, 5) is 11.1. The normalized spacial score (nSPS) is 10.9. The van der Waals surface area contributed by atoms with Crippen LogP contribution in [0.1, 0.15) is 5.56 Å². The summed E-state index contributed by atoms with van der Waals surface area (Å²) in [6, 6.07) is 2.50. The van der Waals surface area contributed by atoms with Gasteiger partial charge in [-0.25, -0.2) is 18.7 Å². The number of aromatic amines is 1. The van der Waals surface area contributed by atoms with Gasteiger partial charge in [0.1, 0.15) is 11.6 Å². The van der Waals surface area contributed by atoms with E-state index in [0.717, 1.165) is 11.8 Å². The number of benzene rings is 1. The topological polar surface area (TPSA) is 50.7 Å². The lowest BCUT2D eigenvalue weighted by Gasteiger charge is -2.05. The van der Waals surface area contributed by atoms with E-state index >= 15 is 0 Å². The van der Waals surface area contributed by atoms with Crippen molar-refractivity contribution in [2.75, 3.05) is 0 Å². The van der Waals surface area contributed by atoms with Gasteiger partial charge in [-0.3, -0.25) is 4.57 Å². The quantitative estimate of drug-likeness (QED) is 0.692. The van der Waals surface area contributed by atoms with Gasteiger partial charge in [-0.2, -0.15) is 0 Å². The number of aromatic nitrogens is 3. The van der Waals surface area contributed by atoms with Gasteiger partial charge in [0.2, 0.25) is 0 Å². The number of H-pyrrole nitrogens is 1. The molecule has 1 aromatic carbocycles. The van der Waals surface area contributed by atoms with Crippen molar-refractivity contribution < 1.29 is 8.78 Å². The Bertz CT molecular complexity index is 641. The van der Waals surface area contributed by atoms with Crippen LogP contribution >= 0.6 is 27.7 Å². The Morgan fingerprint density at radius 2 is 2.22 bits per heavy atom. The lowest BCUT2D eigenvalue weighted by Crippen LogP contribution is -2.12. The smallest absolute Gasteiger partial charge is 0.273 e. The van der Waals surface area contributed by atoms with Crippen LogP contribution in [0.25, 0.3) is 0 Å². The van der Waals surface area contributed by atoms with E-state index in [1.54, 1.807) is 0 Å². The van der Waals surface area contributed by atoms with Gasteiger partial charge in [-0.05, 0) is 28.1 Å². The average molecular weight is 336 g/mol. The molecule has 0 radical (unpaired) electrons. The van der Waals surface area contributed by atoms with Crippen LogP contribution in [0.5, 0.6) is 0 Å². The number of rotatable bonds is 3. The SMILES string of the molecule is Cn1c(SCc2c(F)ccc(Br)c2F)n[nH]c1=O. The Labute approximate surface area is 114 Å². The highest BCUT2D eigenvalue weighted by Gasteiger charge is 2.14. The average Bonchev–Trinajstić information content (AvgIpc) is 2.66. The second-order valence-corrected chi connectivity index (χ2v) is 5.28. The Morgan fingerprint density at radius 3 is 2.83 bits per heavy atom. The Balaban J connectivity index is 2.23. The molecule has 2 aromatic rings. The molecule has 0 aliphatic rings. The number of nitrogens with one attached hydrogen (secondary N) is 1. The van der Waals surface area contributed by atoms with Crippen molar-refractivity contribution >= 4 is 27.7 Å². The molecule has 0 amide bonds. The highest BCUT2D eigenvalue weighted by atomic mass is 79.9. The molecule has 4 nitrogen and oxygen atoms in total. The van der Waals surface area contributed by atoms with Gasteiger partial charge in [0, 0.05) is 18.4 Å². The largest absolute Gasteiger partial charge is 0.343 e. The lowest BCUT2D eigenvalue weighted by molar-refractivity contribution is 0.562. The maximum Gasteiger partial charge on any atom is 0.343 e. The number of hydrogen-bond acceptors (Lipinski definition) is 3. The van der Waals surface area contributed by atoms with E-state index in [2.05, 4.69) is 26.1 Å². The minimum absolute atomic E-state index is 0.0508. The van der Waals surface area contributed by atoms with Crippen molar-refractivity contribution in [2.45, 2.75) is 10.9 Å². The second kappa shape index (κ2) is 5.23. The highest BCUT2D eigenvalue weighted by molar-refractivity contribution is 9.10. The Morgan fingerprint density at radius 1 is 1.50 bits per heavy atom. The maximum atomic E-state index is 13.7. The molecule has 0 atom stereocenters. The predicted octanol–water partition coefficient (Wildman–Crippen LogP) is 2.44. The summed E-state index contributed by atoms with van der Waals surface area (Å²) in [6.45, 7) is 0. The van der Waals surface area contributed by atoms with Crippen molar-refractivity contribution in [1.82, 2.24) is 14.8 Å². The molecule has 1 aromatic heterocycles. The summed E-state index contributed by atoms with van der Waals surface area (Å²) in [5.41, 5.74) is -0.419. The van der Waals surface area contributed by atoms with Crippen molar-refractivity contribution in [3.05, 3.63) is 44.3 Å². The summed E-state index contributed by atoms with van der Waals surface area (Å²) in [6.07, 6.45) is 0. The van der Waals surface area contributed by atoms with Gasteiger partial charge < -0.3 is 0 Å². The monoisotopic (exact) mass is 335 g/mol. The van der Waals surface area contributed by atoms with E-state index < -0.39 is 11.6 Å². The minimum atomic E-state index is -0.636. The van der Waals surface area contributed by atoms with Gasteiger partial charge in [-0.15, -0.1) is 5.10 Å².